The van der Waals surface area contributed by atoms with Gasteiger partial charge in [0, 0.05) is 17.0 Å². The Morgan fingerprint density at radius 1 is 1.13 bits per heavy atom. The van der Waals surface area contributed by atoms with Crippen LogP contribution in [0.3, 0.4) is 0 Å². The van der Waals surface area contributed by atoms with Crippen molar-refractivity contribution in [2.24, 2.45) is 0 Å². The Labute approximate surface area is 137 Å². The molecule has 3 nitrogen and oxygen atoms in total. The molecule has 0 atom stereocenters. The number of fused-ring (bicyclic) bond motifs is 1. The van der Waals surface area contributed by atoms with Crippen molar-refractivity contribution in [1.29, 1.82) is 0 Å². The molecule has 23 heavy (non-hydrogen) atoms. The Hall–Kier alpha value is -1.80. The predicted octanol–water partition coefficient (Wildman–Crippen LogP) is 4.83. The third kappa shape index (κ3) is 3.42. The van der Waals surface area contributed by atoms with Crippen LogP contribution in [0.4, 0.5) is 17.6 Å². The molecule has 0 spiro atoms. The van der Waals surface area contributed by atoms with Gasteiger partial charge >= 0.3 is 6.18 Å². The summed E-state index contributed by atoms with van der Waals surface area (Å²) in [5, 5.41) is 8.24. The first kappa shape index (κ1) is 16.1. The molecule has 2 aromatic heterocycles. The summed E-state index contributed by atoms with van der Waals surface area (Å²) in [4.78, 5) is 0. The second kappa shape index (κ2) is 6.01. The molecule has 0 aliphatic heterocycles. The first-order valence-corrected chi connectivity index (χ1v) is 7.69. The largest absolute Gasteiger partial charge is 0.417 e. The first-order chi connectivity index (χ1) is 10.8. The Balaban J connectivity index is 1.88. The summed E-state index contributed by atoms with van der Waals surface area (Å²) in [5.41, 5.74) is 0.180. The average molecular weight is 362 g/mol. The van der Waals surface area contributed by atoms with Crippen molar-refractivity contribution in [1.82, 2.24) is 14.6 Å². The number of hydrogen-bond donors (Lipinski definition) is 0. The van der Waals surface area contributed by atoms with Crippen molar-refractivity contribution in [2.75, 3.05) is 0 Å². The van der Waals surface area contributed by atoms with Crippen LogP contribution in [0.15, 0.2) is 41.7 Å². The van der Waals surface area contributed by atoms with E-state index >= 15 is 0 Å². The molecular weight excluding hydrogens is 354 g/mol. The number of rotatable bonds is 3. The van der Waals surface area contributed by atoms with Crippen LogP contribution >= 0.6 is 23.4 Å². The van der Waals surface area contributed by atoms with Gasteiger partial charge in [0.05, 0.1) is 5.56 Å². The van der Waals surface area contributed by atoms with Crippen LogP contribution in [0.2, 0.25) is 5.02 Å². The topological polar surface area (TPSA) is 30.2 Å². The summed E-state index contributed by atoms with van der Waals surface area (Å²) in [7, 11) is 0. The molecule has 1 aromatic carbocycles. The van der Waals surface area contributed by atoms with Crippen LogP contribution in [-0.4, -0.2) is 14.6 Å². The lowest BCUT2D eigenvalue weighted by atomic mass is 10.2. The number of halogens is 5. The second-order valence-electron chi connectivity index (χ2n) is 4.65. The average Bonchev–Trinajstić information content (AvgIpc) is 2.88. The third-order valence-electron chi connectivity index (χ3n) is 3.07. The lowest BCUT2D eigenvalue weighted by Crippen LogP contribution is -2.06. The molecule has 0 saturated carbocycles. The Bertz CT molecular complexity index is 863. The Morgan fingerprint density at radius 3 is 2.61 bits per heavy atom. The molecule has 0 unspecified atom stereocenters. The summed E-state index contributed by atoms with van der Waals surface area (Å²) in [5.74, 6) is -0.123. The van der Waals surface area contributed by atoms with E-state index in [1.165, 1.54) is 28.7 Å². The fourth-order valence-electron chi connectivity index (χ4n) is 1.92. The maximum absolute atomic E-state index is 13.0. The molecule has 2 heterocycles. The van der Waals surface area contributed by atoms with Gasteiger partial charge in [-0.1, -0.05) is 29.4 Å². The maximum atomic E-state index is 13.0. The number of benzene rings is 1. The number of aromatic nitrogens is 3. The molecule has 9 heteroatoms. The molecule has 3 rings (SSSR count). The van der Waals surface area contributed by atoms with Crippen molar-refractivity contribution < 1.29 is 17.6 Å². The minimum Gasteiger partial charge on any atom is -0.277 e. The van der Waals surface area contributed by atoms with Crippen molar-refractivity contribution >= 4 is 29.0 Å². The molecule has 120 valence electrons. The zero-order chi connectivity index (χ0) is 16.6. The monoisotopic (exact) mass is 361 g/mol. The van der Waals surface area contributed by atoms with Gasteiger partial charge in [-0.05, 0) is 29.8 Å². The van der Waals surface area contributed by atoms with Crippen LogP contribution in [0.1, 0.15) is 11.1 Å². The highest BCUT2D eigenvalue weighted by Gasteiger charge is 2.31. The number of pyridine rings is 1. The highest BCUT2D eigenvalue weighted by atomic mass is 35.5. The van der Waals surface area contributed by atoms with E-state index in [1.54, 1.807) is 0 Å². The van der Waals surface area contributed by atoms with Gasteiger partial charge in [0.2, 0.25) is 0 Å². The van der Waals surface area contributed by atoms with E-state index < -0.39 is 17.6 Å². The first-order valence-electron chi connectivity index (χ1n) is 6.33. The van der Waals surface area contributed by atoms with E-state index in [-0.39, 0.29) is 5.02 Å². The van der Waals surface area contributed by atoms with Gasteiger partial charge in [-0.2, -0.15) is 13.2 Å². The van der Waals surface area contributed by atoms with Crippen LogP contribution in [0.25, 0.3) is 5.65 Å². The molecule has 0 fully saturated rings. The van der Waals surface area contributed by atoms with Crippen LogP contribution in [0, 0.1) is 5.82 Å². The van der Waals surface area contributed by atoms with Crippen LogP contribution in [0.5, 0.6) is 0 Å². The van der Waals surface area contributed by atoms with Gasteiger partial charge in [0.25, 0.3) is 0 Å². The van der Waals surface area contributed by atoms with E-state index in [2.05, 4.69) is 10.2 Å². The standard InChI is InChI=1S/C14H8ClF4N3S/c15-11-5-10(16)3-1-8(11)7-23-13-21-20-12-4-2-9(6-22(12)13)14(17,18)19/h1-6H,7H2. The smallest absolute Gasteiger partial charge is 0.277 e. The molecule has 0 saturated heterocycles. The van der Waals surface area contributed by atoms with Crippen molar-refractivity contribution in [2.45, 2.75) is 17.1 Å². The normalized spacial score (nSPS) is 12.0. The minimum atomic E-state index is -4.44. The van der Waals surface area contributed by atoms with Gasteiger partial charge in [-0.3, -0.25) is 4.40 Å². The molecule has 0 bridgehead atoms. The Morgan fingerprint density at radius 2 is 1.91 bits per heavy atom. The quantitative estimate of drug-likeness (QED) is 0.494. The number of hydrogen-bond acceptors (Lipinski definition) is 3. The van der Waals surface area contributed by atoms with E-state index in [0.29, 0.717) is 22.1 Å². The van der Waals surface area contributed by atoms with Gasteiger partial charge in [0.15, 0.2) is 10.8 Å². The Kier molecular flexibility index (Phi) is 4.20. The summed E-state index contributed by atoms with van der Waals surface area (Å²) >= 11 is 7.09. The van der Waals surface area contributed by atoms with E-state index in [0.717, 1.165) is 24.0 Å². The molecule has 3 aromatic rings. The molecule has 0 N–H and O–H groups in total. The highest BCUT2D eigenvalue weighted by molar-refractivity contribution is 7.98. The minimum absolute atomic E-state index is 0.252. The molecule has 0 radical (unpaired) electrons. The van der Waals surface area contributed by atoms with Gasteiger partial charge in [-0.15, -0.1) is 10.2 Å². The molecular formula is C14H8ClF4N3S. The van der Waals surface area contributed by atoms with Crippen molar-refractivity contribution in [3.63, 3.8) is 0 Å². The second-order valence-corrected chi connectivity index (χ2v) is 6.00. The van der Waals surface area contributed by atoms with Gasteiger partial charge in [-0.25, -0.2) is 4.39 Å². The van der Waals surface area contributed by atoms with Crippen molar-refractivity contribution in [3.8, 4) is 0 Å². The highest BCUT2D eigenvalue weighted by Crippen LogP contribution is 2.31. The van der Waals surface area contributed by atoms with Crippen molar-refractivity contribution in [3.05, 3.63) is 58.5 Å². The molecule has 0 amide bonds. The maximum Gasteiger partial charge on any atom is 0.417 e. The van der Waals surface area contributed by atoms with Gasteiger partial charge in [0.1, 0.15) is 5.82 Å². The van der Waals surface area contributed by atoms with E-state index in [9.17, 15) is 17.6 Å². The summed E-state index contributed by atoms with van der Waals surface area (Å²) < 4.78 is 52.6. The van der Waals surface area contributed by atoms with Crippen LogP contribution < -0.4 is 0 Å². The summed E-state index contributed by atoms with van der Waals surface area (Å²) in [6.07, 6.45) is -3.50. The lowest BCUT2D eigenvalue weighted by molar-refractivity contribution is -0.137. The lowest BCUT2D eigenvalue weighted by Gasteiger charge is -2.07. The van der Waals surface area contributed by atoms with Crippen LogP contribution in [-0.2, 0) is 11.9 Å². The fourth-order valence-corrected chi connectivity index (χ4v) is 3.15. The third-order valence-corrected chi connectivity index (χ3v) is 4.41. The SMILES string of the molecule is Fc1ccc(CSc2nnc3ccc(C(F)(F)F)cn23)c(Cl)c1. The number of thioether (sulfide) groups is 1. The number of alkyl halides is 3. The molecule has 0 aliphatic rings. The van der Waals surface area contributed by atoms with E-state index in [4.69, 9.17) is 11.6 Å². The van der Waals surface area contributed by atoms with E-state index in [1.807, 2.05) is 0 Å². The fraction of sp³-hybridized carbons (Fsp3) is 0.143. The summed E-state index contributed by atoms with van der Waals surface area (Å²) in [6, 6.07) is 6.18. The number of nitrogens with zero attached hydrogens (tertiary/aromatic N) is 3. The zero-order valence-electron chi connectivity index (χ0n) is 11.3. The van der Waals surface area contributed by atoms with Gasteiger partial charge < -0.3 is 0 Å². The molecule has 0 aliphatic carbocycles. The predicted molar refractivity (Wildman–Crippen MR) is 79.0 cm³/mol. The summed E-state index contributed by atoms with van der Waals surface area (Å²) in [6.45, 7) is 0. The zero-order valence-corrected chi connectivity index (χ0v) is 12.9.